The number of benzene rings is 2. The molecule has 4 heteroatoms. The zero-order valence-electron chi connectivity index (χ0n) is 11.4. The molecule has 3 rings (SSSR count). The molecule has 2 aromatic rings. The summed E-state index contributed by atoms with van der Waals surface area (Å²) in [6.45, 7) is 0.755. The maximum atomic E-state index is 12.3. The molecule has 0 aromatic heterocycles. The third kappa shape index (κ3) is 3.30. The molecule has 0 amide bonds. The van der Waals surface area contributed by atoms with Crippen LogP contribution in [0, 0.1) is 0 Å². The van der Waals surface area contributed by atoms with E-state index in [1.807, 2.05) is 18.2 Å². The highest BCUT2D eigenvalue weighted by atomic mass is 79.9. The van der Waals surface area contributed by atoms with Gasteiger partial charge in [0, 0.05) is 22.9 Å². The molecular weight excluding hydrogens is 352 g/mol. The van der Waals surface area contributed by atoms with E-state index in [2.05, 4.69) is 22.0 Å². The highest BCUT2D eigenvalue weighted by molar-refractivity contribution is 9.10. The second-order valence-corrected chi connectivity index (χ2v) is 6.41. The summed E-state index contributed by atoms with van der Waals surface area (Å²) in [5.74, 6) is 1.04. The first-order valence-corrected chi connectivity index (χ1v) is 8.03. The van der Waals surface area contributed by atoms with Crippen LogP contribution in [0.5, 0.6) is 5.75 Å². The Bertz CT molecular complexity index is 697. The van der Waals surface area contributed by atoms with E-state index in [1.54, 1.807) is 12.1 Å². The summed E-state index contributed by atoms with van der Waals surface area (Å²) >= 11 is 9.46. The SMILES string of the molecule is O=C(CCc1ccc2c(c1)CCO2)c1cc(Br)ccc1Cl. The van der Waals surface area contributed by atoms with Gasteiger partial charge in [-0.25, -0.2) is 0 Å². The highest BCUT2D eigenvalue weighted by Gasteiger charge is 2.14. The van der Waals surface area contributed by atoms with E-state index in [0.29, 0.717) is 17.0 Å². The normalized spacial score (nSPS) is 12.9. The van der Waals surface area contributed by atoms with Crippen LogP contribution in [-0.2, 0) is 12.8 Å². The number of halogens is 2. The van der Waals surface area contributed by atoms with Gasteiger partial charge in [-0.2, -0.15) is 0 Å². The molecule has 2 nitrogen and oxygen atoms in total. The average Bonchev–Trinajstić information content (AvgIpc) is 2.94. The summed E-state index contributed by atoms with van der Waals surface area (Å²) in [5.41, 5.74) is 2.98. The largest absolute Gasteiger partial charge is 0.493 e. The smallest absolute Gasteiger partial charge is 0.164 e. The Kier molecular flexibility index (Phi) is 4.32. The first-order valence-electron chi connectivity index (χ1n) is 6.86. The third-order valence-corrected chi connectivity index (χ3v) is 4.45. The topological polar surface area (TPSA) is 26.3 Å². The molecular formula is C17H14BrClO2. The Morgan fingerprint density at radius 1 is 1.24 bits per heavy atom. The van der Waals surface area contributed by atoms with Crippen LogP contribution in [0.25, 0.3) is 0 Å². The van der Waals surface area contributed by atoms with E-state index >= 15 is 0 Å². The Labute approximate surface area is 137 Å². The molecule has 0 N–H and O–H groups in total. The number of hydrogen-bond donors (Lipinski definition) is 0. The summed E-state index contributed by atoms with van der Waals surface area (Å²) in [6.07, 6.45) is 2.12. The molecule has 0 saturated carbocycles. The number of rotatable bonds is 4. The van der Waals surface area contributed by atoms with Crippen molar-refractivity contribution in [1.29, 1.82) is 0 Å². The minimum Gasteiger partial charge on any atom is -0.493 e. The van der Waals surface area contributed by atoms with Gasteiger partial charge in [0.25, 0.3) is 0 Å². The van der Waals surface area contributed by atoms with Crippen LogP contribution in [0.2, 0.25) is 5.02 Å². The van der Waals surface area contributed by atoms with Gasteiger partial charge in [-0.1, -0.05) is 39.7 Å². The molecule has 2 aromatic carbocycles. The van der Waals surface area contributed by atoms with Gasteiger partial charge in [-0.3, -0.25) is 4.79 Å². The first kappa shape index (κ1) is 14.6. The number of ketones is 1. The fourth-order valence-electron chi connectivity index (χ4n) is 2.50. The molecule has 0 unspecified atom stereocenters. The highest BCUT2D eigenvalue weighted by Crippen LogP contribution is 2.27. The maximum absolute atomic E-state index is 12.3. The molecule has 1 heterocycles. The predicted molar refractivity (Wildman–Crippen MR) is 87.4 cm³/mol. The Balaban J connectivity index is 1.70. The zero-order chi connectivity index (χ0) is 14.8. The fraction of sp³-hybridized carbons (Fsp3) is 0.235. The van der Waals surface area contributed by atoms with Crippen molar-refractivity contribution in [2.45, 2.75) is 19.3 Å². The van der Waals surface area contributed by atoms with Crippen molar-refractivity contribution in [3.63, 3.8) is 0 Å². The second-order valence-electron chi connectivity index (χ2n) is 5.09. The van der Waals surface area contributed by atoms with Crippen molar-refractivity contribution in [2.75, 3.05) is 6.61 Å². The van der Waals surface area contributed by atoms with Crippen molar-refractivity contribution >= 4 is 33.3 Å². The van der Waals surface area contributed by atoms with E-state index in [4.69, 9.17) is 16.3 Å². The van der Waals surface area contributed by atoms with E-state index in [1.165, 1.54) is 11.1 Å². The summed E-state index contributed by atoms with van der Waals surface area (Å²) < 4.78 is 6.35. The summed E-state index contributed by atoms with van der Waals surface area (Å²) in [6, 6.07) is 11.5. The molecule has 108 valence electrons. The molecule has 1 aliphatic heterocycles. The quantitative estimate of drug-likeness (QED) is 0.724. The Morgan fingerprint density at radius 2 is 2.10 bits per heavy atom. The van der Waals surface area contributed by atoms with Crippen molar-refractivity contribution in [2.24, 2.45) is 0 Å². The molecule has 1 aliphatic rings. The standard InChI is InChI=1S/C17H14BrClO2/c18-13-3-4-15(19)14(10-13)16(20)5-1-11-2-6-17-12(9-11)7-8-21-17/h2-4,6,9-10H,1,5,7-8H2. The van der Waals surface area contributed by atoms with Crippen molar-refractivity contribution < 1.29 is 9.53 Å². The second kappa shape index (κ2) is 6.20. The molecule has 0 spiro atoms. The Hall–Kier alpha value is -1.32. The molecule has 0 bridgehead atoms. The third-order valence-electron chi connectivity index (χ3n) is 3.62. The summed E-state index contributed by atoms with van der Waals surface area (Å²) in [4.78, 5) is 12.3. The van der Waals surface area contributed by atoms with Gasteiger partial charge < -0.3 is 4.74 Å². The van der Waals surface area contributed by atoms with Crippen LogP contribution >= 0.6 is 27.5 Å². The number of Topliss-reactive ketones (excluding diaryl/α,β-unsaturated/α-hetero) is 1. The van der Waals surface area contributed by atoms with Gasteiger partial charge in [0.15, 0.2) is 5.78 Å². The lowest BCUT2D eigenvalue weighted by molar-refractivity contribution is 0.0983. The van der Waals surface area contributed by atoms with E-state index in [9.17, 15) is 4.79 Å². The van der Waals surface area contributed by atoms with Gasteiger partial charge in [-0.15, -0.1) is 0 Å². The van der Waals surface area contributed by atoms with Gasteiger partial charge in [0.2, 0.25) is 0 Å². The minimum absolute atomic E-state index is 0.0676. The Morgan fingerprint density at radius 3 is 2.95 bits per heavy atom. The lowest BCUT2D eigenvalue weighted by Crippen LogP contribution is -2.02. The van der Waals surface area contributed by atoms with Crippen LogP contribution < -0.4 is 4.74 Å². The molecule has 0 aliphatic carbocycles. The van der Waals surface area contributed by atoms with Crippen LogP contribution in [0.4, 0.5) is 0 Å². The van der Waals surface area contributed by atoms with E-state index < -0.39 is 0 Å². The summed E-state index contributed by atoms with van der Waals surface area (Å²) in [5, 5.41) is 0.505. The van der Waals surface area contributed by atoms with Crippen molar-refractivity contribution in [3.8, 4) is 5.75 Å². The van der Waals surface area contributed by atoms with Gasteiger partial charge in [-0.05, 0) is 41.8 Å². The lowest BCUT2D eigenvalue weighted by Gasteiger charge is -2.06. The van der Waals surface area contributed by atoms with Gasteiger partial charge in [0.05, 0.1) is 11.6 Å². The zero-order valence-corrected chi connectivity index (χ0v) is 13.7. The molecule has 0 atom stereocenters. The lowest BCUT2D eigenvalue weighted by atomic mass is 10.0. The van der Waals surface area contributed by atoms with Crippen LogP contribution in [0.3, 0.4) is 0 Å². The summed E-state index contributed by atoms with van der Waals surface area (Å²) in [7, 11) is 0. The maximum Gasteiger partial charge on any atom is 0.164 e. The number of hydrogen-bond acceptors (Lipinski definition) is 2. The van der Waals surface area contributed by atoms with Crippen molar-refractivity contribution in [3.05, 3.63) is 62.6 Å². The van der Waals surface area contributed by atoms with E-state index in [-0.39, 0.29) is 5.78 Å². The molecule has 0 radical (unpaired) electrons. The number of carbonyl (C=O) groups is 1. The predicted octanol–water partition coefficient (Wildman–Crippen LogP) is 4.85. The van der Waals surface area contributed by atoms with Gasteiger partial charge in [0.1, 0.15) is 5.75 Å². The fourth-order valence-corrected chi connectivity index (χ4v) is 3.08. The number of fused-ring (bicyclic) bond motifs is 1. The monoisotopic (exact) mass is 364 g/mol. The number of aryl methyl sites for hydroxylation is 1. The molecule has 21 heavy (non-hydrogen) atoms. The van der Waals surface area contributed by atoms with Gasteiger partial charge >= 0.3 is 0 Å². The van der Waals surface area contributed by atoms with Crippen molar-refractivity contribution in [1.82, 2.24) is 0 Å². The van der Waals surface area contributed by atoms with Crippen LogP contribution in [0.1, 0.15) is 27.9 Å². The number of ether oxygens (including phenoxy) is 1. The van der Waals surface area contributed by atoms with E-state index in [0.717, 1.165) is 29.7 Å². The first-order chi connectivity index (χ1) is 10.1. The van der Waals surface area contributed by atoms with Crippen LogP contribution in [-0.4, -0.2) is 12.4 Å². The minimum atomic E-state index is 0.0676. The average molecular weight is 366 g/mol. The molecule has 0 saturated heterocycles. The van der Waals surface area contributed by atoms with Crippen LogP contribution in [0.15, 0.2) is 40.9 Å². The number of carbonyl (C=O) groups excluding carboxylic acids is 1. The molecule has 0 fully saturated rings.